The number of hydrogen-bond acceptors (Lipinski definition) is 6. The normalized spacial score (nSPS) is 15.6. The Hall–Kier alpha value is -2.07. The fraction of sp³-hybridized carbons (Fsp3) is 0.333. The van der Waals surface area contributed by atoms with E-state index in [0.717, 1.165) is 15.4 Å². The molecule has 3 aromatic rings. The summed E-state index contributed by atoms with van der Waals surface area (Å²) in [7, 11) is -3.56. The SMILES string of the molecule is CC(C)c1ccc(S(=O)(=O)N2CCN(C(=O)c3cnc(-c4cccs4)s3)CC2)cc1. The molecule has 0 N–H and O–H groups in total. The molecule has 1 amide bonds. The molecular formula is C21H23N3O3S3. The third-order valence-corrected chi connectivity index (χ3v) is 9.10. The van der Waals surface area contributed by atoms with Gasteiger partial charge in [0.25, 0.3) is 5.91 Å². The van der Waals surface area contributed by atoms with Crippen LogP contribution in [0.2, 0.25) is 0 Å². The lowest BCUT2D eigenvalue weighted by molar-refractivity contribution is 0.0702. The van der Waals surface area contributed by atoms with Gasteiger partial charge < -0.3 is 4.90 Å². The Morgan fingerprint density at radius 2 is 1.77 bits per heavy atom. The molecule has 2 aromatic heterocycles. The van der Waals surface area contributed by atoms with Crippen LogP contribution in [-0.4, -0.2) is 54.7 Å². The highest BCUT2D eigenvalue weighted by Crippen LogP contribution is 2.30. The Bertz CT molecular complexity index is 1110. The molecule has 0 spiro atoms. The number of piperazine rings is 1. The van der Waals surface area contributed by atoms with Crippen LogP contribution in [0.1, 0.15) is 35.0 Å². The van der Waals surface area contributed by atoms with Gasteiger partial charge in [-0.25, -0.2) is 13.4 Å². The van der Waals surface area contributed by atoms with E-state index in [0.29, 0.717) is 28.8 Å². The van der Waals surface area contributed by atoms with Gasteiger partial charge in [0.15, 0.2) is 0 Å². The Balaban J connectivity index is 1.41. The summed E-state index contributed by atoms with van der Waals surface area (Å²) in [4.78, 5) is 20.8. The average Bonchev–Trinajstić information content (AvgIpc) is 3.45. The molecule has 4 rings (SSSR count). The summed E-state index contributed by atoms with van der Waals surface area (Å²) in [6.07, 6.45) is 1.61. The summed E-state index contributed by atoms with van der Waals surface area (Å²) >= 11 is 2.96. The van der Waals surface area contributed by atoms with Crippen LogP contribution in [0.15, 0.2) is 52.9 Å². The van der Waals surface area contributed by atoms with Crippen molar-refractivity contribution in [1.29, 1.82) is 0 Å². The Labute approximate surface area is 184 Å². The van der Waals surface area contributed by atoms with Crippen LogP contribution >= 0.6 is 22.7 Å². The van der Waals surface area contributed by atoms with Crippen molar-refractivity contribution < 1.29 is 13.2 Å². The van der Waals surface area contributed by atoms with Crippen molar-refractivity contribution in [3.63, 3.8) is 0 Å². The first-order valence-electron chi connectivity index (χ1n) is 9.75. The molecule has 0 radical (unpaired) electrons. The van der Waals surface area contributed by atoms with Gasteiger partial charge in [-0.2, -0.15) is 4.31 Å². The molecule has 9 heteroatoms. The Morgan fingerprint density at radius 3 is 2.37 bits per heavy atom. The van der Waals surface area contributed by atoms with E-state index in [4.69, 9.17) is 0 Å². The fourth-order valence-electron chi connectivity index (χ4n) is 3.35. The van der Waals surface area contributed by atoms with Crippen molar-refractivity contribution in [2.45, 2.75) is 24.7 Å². The number of sulfonamides is 1. The van der Waals surface area contributed by atoms with E-state index in [1.807, 2.05) is 29.6 Å². The second-order valence-corrected chi connectivity index (χ2v) is 11.3. The quantitative estimate of drug-likeness (QED) is 0.573. The van der Waals surface area contributed by atoms with Gasteiger partial charge in [0.2, 0.25) is 10.0 Å². The number of carbonyl (C=O) groups is 1. The number of carbonyl (C=O) groups excluding carboxylic acids is 1. The van der Waals surface area contributed by atoms with Gasteiger partial charge in [-0.3, -0.25) is 4.79 Å². The smallest absolute Gasteiger partial charge is 0.265 e. The van der Waals surface area contributed by atoms with Crippen molar-refractivity contribution in [1.82, 2.24) is 14.2 Å². The standard InChI is InChI=1S/C21H23N3O3S3/c1-15(2)16-5-7-17(8-6-16)30(26,27)24-11-9-23(10-12-24)21(25)19-14-22-20(29-19)18-4-3-13-28-18/h3-8,13-15H,9-12H2,1-2H3. The highest BCUT2D eigenvalue weighted by molar-refractivity contribution is 7.89. The molecular weight excluding hydrogens is 438 g/mol. The maximum atomic E-state index is 13.0. The minimum Gasteiger partial charge on any atom is -0.335 e. The van der Waals surface area contributed by atoms with Crippen molar-refractivity contribution in [3.8, 4) is 9.88 Å². The summed E-state index contributed by atoms with van der Waals surface area (Å²) < 4.78 is 27.4. The van der Waals surface area contributed by atoms with E-state index in [9.17, 15) is 13.2 Å². The predicted molar refractivity (Wildman–Crippen MR) is 121 cm³/mol. The minimum absolute atomic E-state index is 0.0892. The molecule has 0 atom stereocenters. The molecule has 1 aliphatic rings. The summed E-state index contributed by atoms with van der Waals surface area (Å²) in [5, 5.41) is 2.81. The number of rotatable bonds is 5. The van der Waals surface area contributed by atoms with E-state index >= 15 is 0 Å². The van der Waals surface area contributed by atoms with E-state index in [1.165, 1.54) is 15.6 Å². The molecule has 30 heavy (non-hydrogen) atoms. The first-order valence-corrected chi connectivity index (χ1v) is 12.9. The molecule has 6 nitrogen and oxygen atoms in total. The molecule has 0 saturated carbocycles. The monoisotopic (exact) mass is 461 g/mol. The van der Waals surface area contributed by atoms with E-state index in [-0.39, 0.29) is 19.0 Å². The molecule has 3 heterocycles. The second kappa shape index (κ2) is 8.58. The summed E-state index contributed by atoms with van der Waals surface area (Å²) in [5.41, 5.74) is 1.11. The molecule has 1 saturated heterocycles. The topological polar surface area (TPSA) is 70.6 Å². The van der Waals surface area contributed by atoms with Crippen LogP contribution in [0.4, 0.5) is 0 Å². The first-order chi connectivity index (χ1) is 14.4. The molecule has 0 unspecified atom stereocenters. The third-order valence-electron chi connectivity index (χ3n) is 5.16. The molecule has 1 aromatic carbocycles. The van der Waals surface area contributed by atoms with Crippen molar-refractivity contribution in [3.05, 3.63) is 58.4 Å². The van der Waals surface area contributed by atoms with Gasteiger partial charge in [-0.1, -0.05) is 32.0 Å². The zero-order valence-electron chi connectivity index (χ0n) is 16.8. The highest BCUT2D eigenvalue weighted by atomic mass is 32.2. The highest BCUT2D eigenvalue weighted by Gasteiger charge is 2.31. The molecule has 158 valence electrons. The number of thiophene rings is 1. The molecule has 1 aliphatic heterocycles. The van der Waals surface area contributed by atoms with E-state index < -0.39 is 10.0 Å². The predicted octanol–water partition coefficient (Wildman–Crippen LogP) is 4.14. The van der Waals surface area contributed by atoms with E-state index in [1.54, 1.807) is 34.6 Å². The minimum atomic E-state index is -3.56. The third kappa shape index (κ3) is 4.20. The molecule has 0 bridgehead atoms. The number of hydrogen-bond donors (Lipinski definition) is 0. The Morgan fingerprint density at radius 1 is 1.07 bits per heavy atom. The van der Waals surface area contributed by atoms with Gasteiger partial charge in [0.1, 0.15) is 9.88 Å². The maximum Gasteiger partial charge on any atom is 0.265 e. The lowest BCUT2D eigenvalue weighted by Crippen LogP contribution is -2.50. The average molecular weight is 462 g/mol. The van der Waals surface area contributed by atoms with Crippen LogP contribution in [0.25, 0.3) is 9.88 Å². The van der Waals surface area contributed by atoms with Crippen LogP contribution in [0.3, 0.4) is 0 Å². The number of aromatic nitrogens is 1. The van der Waals surface area contributed by atoms with Gasteiger partial charge in [-0.15, -0.1) is 22.7 Å². The van der Waals surface area contributed by atoms with Crippen LogP contribution < -0.4 is 0 Å². The summed E-state index contributed by atoms with van der Waals surface area (Å²) in [6, 6.07) is 11.0. The van der Waals surface area contributed by atoms with Crippen LogP contribution in [0.5, 0.6) is 0 Å². The first kappa shape index (κ1) is 21.2. The number of amides is 1. The maximum absolute atomic E-state index is 13.0. The lowest BCUT2D eigenvalue weighted by Gasteiger charge is -2.33. The van der Waals surface area contributed by atoms with Crippen molar-refractivity contribution in [2.75, 3.05) is 26.2 Å². The summed E-state index contributed by atoms with van der Waals surface area (Å²) in [5.74, 6) is 0.261. The molecule has 1 fully saturated rings. The zero-order valence-corrected chi connectivity index (χ0v) is 19.3. The zero-order chi connectivity index (χ0) is 21.3. The fourth-order valence-corrected chi connectivity index (χ4v) is 6.46. The Kier molecular flexibility index (Phi) is 6.06. The molecule has 0 aliphatic carbocycles. The lowest BCUT2D eigenvalue weighted by atomic mass is 10.0. The van der Waals surface area contributed by atoms with Gasteiger partial charge >= 0.3 is 0 Å². The van der Waals surface area contributed by atoms with Gasteiger partial charge in [-0.05, 0) is 35.1 Å². The second-order valence-electron chi connectivity index (χ2n) is 7.43. The number of benzene rings is 1. The van der Waals surface area contributed by atoms with Crippen molar-refractivity contribution in [2.24, 2.45) is 0 Å². The largest absolute Gasteiger partial charge is 0.335 e. The van der Waals surface area contributed by atoms with Gasteiger partial charge in [0.05, 0.1) is 16.0 Å². The van der Waals surface area contributed by atoms with Crippen LogP contribution in [-0.2, 0) is 10.0 Å². The van der Waals surface area contributed by atoms with Crippen LogP contribution in [0, 0.1) is 0 Å². The van der Waals surface area contributed by atoms with E-state index in [2.05, 4.69) is 18.8 Å². The number of thiazole rings is 1. The number of nitrogens with zero attached hydrogens (tertiary/aromatic N) is 3. The summed E-state index contributed by atoms with van der Waals surface area (Å²) in [6.45, 7) is 5.47. The van der Waals surface area contributed by atoms with Gasteiger partial charge in [0, 0.05) is 26.2 Å². The van der Waals surface area contributed by atoms with Crippen molar-refractivity contribution >= 4 is 38.6 Å².